The number of hydrogen-bond donors (Lipinski definition) is 1. The van der Waals surface area contributed by atoms with Crippen molar-refractivity contribution in [3.8, 4) is 0 Å². The Morgan fingerprint density at radius 3 is 2.50 bits per heavy atom. The van der Waals surface area contributed by atoms with Gasteiger partial charge >= 0.3 is 0 Å². The molecular weight excluding hydrogens is 176 g/mol. The summed E-state index contributed by atoms with van der Waals surface area (Å²) in [7, 11) is 4.13. The van der Waals surface area contributed by atoms with Crippen molar-refractivity contribution >= 4 is 5.78 Å². The van der Waals surface area contributed by atoms with E-state index >= 15 is 0 Å². The summed E-state index contributed by atoms with van der Waals surface area (Å²) >= 11 is 0. The minimum atomic E-state index is 0.295. The molecule has 1 N–H and O–H groups in total. The molecule has 1 atom stereocenters. The maximum Gasteiger partial charge on any atom is 0.131 e. The summed E-state index contributed by atoms with van der Waals surface area (Å²) in [6.45, 7) is 4.01. The van der Waals surface area contributed by atoms with E-state index in [-0.39, 0.29) is 0 Å². The van der Waals surface area contributed by atoms with E-state index in [9.17, 15) is 4.79 Å². The Bertz CT molecular complexity index is 186. The van der Waals surface area contributed by atoms with E-state index in [1.807, 2.05) is 7.05 Å². The van der Waals surface area contributed by atoms with Gasteiger partial charge < -0.3 is 10.2 Å². The summed E-state index contributed by atoms with van der Waals surface area (Å²) in [5.74, 6) is 0.975. The fourth-order valence-electron chi connectivity index (χ4n) is 2.25. The Hall–Kier alpha value is -0.410. The fraction of sp³-hybridized carbons (Fsp3) is 0.909. The van der Waals surface area contributed by atoms with Crippen LogP contribution in [0.15, 0.2) is 0 Å². The van der Waals surface area contributed by atoms with Crippen molar-refractivity contribution < 1.29 is 4.79 Å². The zero-order chi connectivity index (χ0) is 10.6. The first kappa shape index (κ1) is 11.7. The average Bonchev–Trinajstić information content (AvgIpc) is 2.15. The van der Waals surface area contributed by atoms with E-state index in [1.165, 1.54) is 25.9 Å². The first-order valence-corrected chi connectivity index (χ1v) is 5.48. The van der Waals surface area contributed by atoms with Gasteiger partial charge in [0.2, 0.25) is 0 Å². The Balaban J connectivity index is 2.40. The monoisotopic (exact) mass is 198 g/mol. The van der Waals surface area contributed by atoms with Crippen LogP contribution < -0.4 is 5.32 Å². The SMILES string of the molecule is CNC(CC(C)=O)C1CCN(C)CC1. The smallest absolute Gasteiger partial charge is 0.131 e. The maximum absolute atomic E-state index is 11.1. The molecule has 3 heteroatoms. The molecule has 0 spiro atoms. The highest BCUT2D eigenvalue weighted by Crippen LogP contribution is 2.21. The highest BCUT2D eigenvalue weighted by Gasteiger charge is 2.24. The Morgan fingerprint density at radius 2 is 2.07 bits per heavy atom. The second-order valence-corrected chi connectivity index (χ2v) is 4.44. The zero-order valence-electron chi connectivity index (χ0n) is 9.55. The summed E-state index contributed by atoms with van der Waals surface area (Å²) in [4.78, 5) is 13.4. The molecule has 82 valence electrons. The summed E-state index contributed by atoms with van der Waals surface area (Å²) in [5.41, 5.74) is 0. The number of nitrogens with one attached hydrogen (secondary N) is 1. The minimum Gasteiger partial charge on any atom is -0.316 e. The largest absolute Gasteiger partial charge is 0.316 e. The summed E-state index contributed by atoms with van der Waals surface area (Å²) in [6, 6.07) is 0.390. The number of hydrogen-bond acceptors (Lipinski definition) is 3. The molecule has 0 aromatic carbocycles. The van der Waals surface area contributed by atoms with E-state index in [0.29, 0.717) is 24.2 Å². The van der Waals surface area contributed by atoms with Crippen molar-refractivity contribution in [1.29, 1.82) is 0 Å². The van der Waals surface area contributed by atoms with E-state index < -0.39 is 0 Å². The van der Waals surface area contributed by atoms with Crippen LogP contribution in [-0.2, 0) is 4.79 Å². The molecule has 0 aromatic rings. The average molecular weight is 198 g/mol. The molecule has 1 aliphatic rings. The molecule has 1 saturated heterocycles. The van der Waals surface area contributed by atoms with Crippen LogP contribution in [0.3, 0.4) is 0 Å². The van der Waals surface area contributed by atoms with Crippen LogP contribution in [0.25, 0.3) is 0 Å². The number of carbonyl (C=O) groups is 1. The molecule has 1 rings (SSSR count). The number of piperidine rings is 1. The lowest BCUT2D eigenvalue weighted by atomic mass is 9.87. The lowest BCUT2D eigenvalue weighted by Gasteiger charge is -2.33. The molecule has 1 unspecified atom stereocenters. The molecule has 0 amide bonds. The highest BCUT2D eigenvalue weighted by molar-refractivity contribution is 5.76. The number of carbonyl (C=O) groups excluding carboxylic acids is 1. The van der Waals surface area contributed by atoms with Gasteiger partial charge in [0, 0.05) is 12.5 Å². The Kier molecular flexibility index (Phi) is 4.55. The maximum atomic E-state index is 11.1. The molecule has 0 aromatic heterocycles. The first-order valence-electron chi connectivity index (χ1n) is 5.48. The first-order chi connectivity index (χ1) is 6.63. The van der Waals surface area contributed by atoms with Crippen LogP contribution in [0, 0.1) is 5.92 Å². The lowest BCUT2D eigenvalue weighted by molar-refractivity contribution is -0.117. The van der Waals surface area contributed by atoms with Crippen molar-refractivity contribution in [3.05, 3.63) is 0 Å². The van der Waals surface area contributed by atoms with Gasteiger partial charge in [-0.15, -0.1) is 0 Å². The summed E-state index contributed by atoms with van der Waals surface area (Å²) in [5, 5.41) is 3.28. The molecule has 0 saturated carbocycles. The third kappa shape index (κ3) is 3.39. The molecular formula is C11H22N2O. The van der Waals surface area contributed by atoms with Crippen LogP contribution >= 0.6 is 0 Å². The predicted molar refractivity (Wildman–Crippen MR) is 58.4 cm³/mol. The second kappa shape index (κ2) is 5.47. The van der Waals surface area contributed by atoms with E-state index in [4.69, 9.17) is 0 Å². The number of Topliss-reactive ketones (excluding diaryl/α,β-unsaturated/α-hetero) is 1. The van der Waals surface area contributed by atoms with Gasteiger partial charge in [-0.3, -0.25) is 4.79 Å². The Labute approximate surface area is 86.9 Å². The quantitative estimate of drug-likeness (QED) is 0.728. The number of nitrogens with zero attached hydrogens (tertiary/aromatic N) is 1. The van der Waals surface area contributed by atoms with Crippen molar-refractivity contribution in [2.75, 3.05) is 27.2 Å². The number of ketones is 1. The standard InChI is InChI=1S/C11H22N2O/c1-9(14)8-11(12-2)10-4-6-13(3)7-5-10/h10-12H,4-8H2,1-3H3. The van der Waals surface area contributed by atoms with E-state index in [1.54, 1.807) is 6.92 Å². The molecule has 0 bridgehead atoms. The second-order valence-electron chi connectivity index (χ2n) is 4.44. The van der Waals surface area contributed by atoms with Gasteiger partial charge in [-0.05, 0) is 52.9 Å². The van der Waals surface area contributed by atoms with Crippen molar-refractivity contribution in [3.63, 3.8) is 0 Å². The third-order valence-corrected chi connectivity index (χ3v) is 3.21. The van der Waals surface area contributed by atoms with Crippen LogP contribution in [0.4, 0.5) is 0 Å². The minimum absolute atomic E-state index is 0.295. The van der Waals surface area contributed by atoms with E-state index in [0.717, 1.165) is 0 Å². The number of likely N-dealkylation sites (tertiary alicyclic amines) is 1. The van der Waals surface area contributed by atoms with Gasteiger partial charge in [0.1, 0.15) is 5.78 Å². The fourth-order valence-corrected chi connectivity index (χ4v) is 2.25. The molecule has 14 heavy (non-hydrogen) atoms. The van der Waals surface area contributed by atoms with Crippen molar-refractivity contribution in [1.82, 2.24) is 10.2 Å². The van der Waals surface area contributed by atoms with Gasteiger partial charge in [0.05, 0.1) is 0 Å². The zero-order valence-corrected chi connectivity index (χ0v) is 9.55. The molecule has 1 aliphatic heterocycles. The van der Waals surface area contributed by atoms with Gasteiger partial charge in [-0.2, -0.15) is 0 Å². The normalized spacial score (nSPS) is 22.2. The molecule has 3 nitrogen and oxygen atoms in total. The van der Waals surface area contributed by atoms with E-state index in [2.05, 4.69) is 17.3 Å². The molecule has 0 aliphatic carbocycles. The van der Waals surface area contributed by atoms with Crippen molar-refractivity contribution in [2.45, 2.75) is 32.2 Å². The molecule has 1 heterocycles. The topological polar surface area (TPSA) is 32.3 Å². The van der Waals surface area contributed by atoms with Crippen LogP contribution in [0.5, 0.6) is 0 Å². The predicted octanol–water partition coefficient (Wildman–Crippen LogP) is 0.895. The summed E-state index contributed by atoms with van der Waals surface area (Å²) < 4.78 is 0. The van der Waals surface area contributed by atoms with Crippen LogP contribution in [-0.4, -0.2) is 43.9 Å². The lowest BCUT2D eigenvalue weighted by Crippen LogP contribution is -2.41. The number of rotatable bonds is 4. The molecule has 1 fully saturated rings. The van der Waals surface area contributed by atoms with Gasteiger partial charge in [0.15, 0.2) is 0 Å². The highest BCUT2D eigenvalue weighted by atomic mass is 16.1. The third-order valence-electron chi connectivity index (χ3n) is 3.21. The van der Waals surface area contributed by atoms with Crippen molar-refractivity contribution in [2.24, 2.45) is 5.92 Å². The Morgan fingerprint density at radius 1 is 1.50 bits per heavy atom. The van der Waals surface area contributed by atoms with Gasteiger partial charge in [-0.1, -0.05) is 0 Å². The van der Waals surface area contributed by atoms with Gasteiger partial charge in [-0.25, -0.2) is 0 Å². The summed E-state index contributed by atoms with van der Waals surface area (Å²) in [6.07, 6.45) is 3.12. The van der Waals surface area contributed by atoms with Gasteiger partial charge in [0.25, 0.3) is 0 Å². The van der Waals surface area contributed by atoms with Crippen LogP contribution in [0.2, 0.25) is 0 Å². The van der Waals surface area contributed by atoms with Crippen LogP contribution in [0.1, 0.15) is 26.2 Å². The molecule has 0 radical (unpaired) electrons.